The Morgan fingerprint density at radius 3 is 1.26 bits per heavy atom. The van der Waals surface area contributed by atoms with E-state index in [9.17, 15) is 33.9 Å². The maximum Gasteiger partial charge on any atom is 0.335 e. The largest absolute Gasteiger partial charge is 0.478 e. The third-order valence-corrected chi connectivity index (χ3v) is 16.0. The molecule has 70 heavy (non-hydrogen) atoms. The minimum absolute atomic E-state index is 0.0276. The maximum absolute atomic E-state index is 13.9. The summed E-state index contributed by atoms with van der Waals surface area (Å²) in [5, 5.41) is 13.8. The second kappa shape index (κ2) is 17.7. The number of nitrogens with zero attached hydrogens (tertiary/aromatic N) is 2. The summed E-state index contributed by atoms with van der Waals surface area (Å²) in [7, 11) is -2.65. The Labute approximate surface area is 402 Å². The van der Waals surface area contributed by atoms with Crippen molar-refractivity contribution in [1.82, 2.24) is 0 Å². The highest BCUT2D eigenvalue weighted by Gasteiger charge is 2.41. The molecule has 0 saturated heterocycles. The van der Waals surface area contributed by atoms with Gasteiger partial charge in [-0.1, -0.05) is 59.9 Å². The van der Waals surface area contributed by atoms with Crippen molar-refractivity contribution in [2.24, 2.45) is 0 Å². The molecule has 0 aromatic heterocycles. The number of anilines is 4. The molecule has 14 heteroatoms. The molecule has 5 amide bonds. The SMILES string of the molecule is C[Si](C)(c1ccc2c(c1)C(=O)N(c1ccc(C(=O)O)cc1)C2=O)c1ccc2c(c1)C(=O)N(c1ccc(C(=O)Nc3ccc(Oc4ccc(-c5ccc(Oc6ccc(N)cc6)cc5)cc4)cc3)cc1)C2=O. The maximum atomic E-state index is 13.9. The van der Waals surface area contributed by atoms with Crippen LogP contribution in [0.4, 0.5) is 22.7 Å². The second-order valence-corrected chi connectivity index (χ2v) is 21.6. The number of amides is 5. The molecular formula is C56H40N4O9Si. The Hall–Kier alpha value is -9.40. The summed E-state index contributed by atoms with van der Waals surface area (Å²) in [5.41, 5.74) is 10.8. The van der Waals surface area contributed by atoms with Crippen molar-refractivity contribution < 1.29 is 43.3 Å². The van der Waals surface area contributed by atoms with Gasteiger partial charge in [-0.15, -0.1) is 0 Å². The molecule has 0 atom stereocenters. The number of nitrogens with one attached hydrogen (secondary N) is 1. The normalized spacial score (nSPS) is 13.0. The lowest BCUT2D eigenvalue weighted by atomic mass is 10.1. The second-order valence-electron chi connectivity index (χ2n) is 17.2. The first kappa shape index (κ1) is 44.4. The van der Waals surface area contributed by atoms with Gasteiger partial charge >= 0.3 is 5.97 Å². The van der Waals surface area contributed by atoms with Gasteiger partial charge in [-0.05, 0) is 157 Å². The molecule has 10 rings (SSSR count). The van der Waals surface area contributed by atoms with Gasteiger partial charge in [-0.25, -0.2) is 14.6 Å². The fourth-order valence-corrected chi connectivity index (χ4v) is 10.8. The van der Waals surface area contributed by atoms with Gasteiger partial charge in [0.2, 0.25) is 0 Å². The third kappa shape index (κ3) is 8.35. The van der Waals surface area contributed by atoms with Crippen LogP contribution in [0, 0.1) is 0 Å². The summed E-state index contributed by atoms with van der Waals surface area (Å²) >= 11 is 0. The van der Waals surface area contributed by atoms with Crippen LogP contribution in [0.1, 0.15) is 62.1 Å². The lowest BCUT2D eigenvalue weighted by Gasteiger charge is -2.24. The summed E-state index contributed by atoms with van der Waals surface area (Å²) in [6.07, 6.45) is 0. The summed E-state index contributed by atoms with van der Waals surface area (Å²) in [6, 6.07) is 51.7. The van der Waals surface area contributed by atoms with Gasteiger partial charge < -0.3 is 25.6 Å². The summed E-state index contributed by atoms with van der Waals surface area (Å²) in [4.78, 5) is 81.3. The Morgan fingerprint density at radius 2 is 0.843 bits per heavy atom. The van der Waals surface area contributed by atoms with Gasteiger partial charge in [0.25, 0.3) is 29.5 Å². The fraction of sp³-hybridized carbons (Fsp3) is 0.0357. The zero-order chi connectivity index (χ0) is 48.8. The van der Waals surface area contributed by atoms with E-state index in [1.807, 2.05) is 85.9 Å². The molecule has 0 aliphatic carbocycles. The Kier molecular flexibility index (Phi) is 11.2. The average Bonchev–Trinajstić information content (AvgIpc) is 3.78. The summed E-state index contributed by atoms with van der Waals surface area (Å²) < 4.78 is 12.0. The van der Waals surface area contributed by atoms with Crippen LogP contribution >= 0.6 is 0 Å². The quantitative estimate of drug-likeness (QED) is 0.0605. The fourth-order valence-electron chi connectivity index (χ4n) is 8.46. The standard InChI is InChI=1S/C56H40N4O9Si/c1-70(2,46-28-30-48-50(32-46)55(65)60(53(48)63)40-17-5-36(6-18-40)56(66)67)45-27-29-47-49(31-45)54(64)59(52(47)62)39-15-3-35(4-16-39)51(61)58-38-13-25-44(26-14-38)69-42-21-9-34(10-22-42)33-7-19-41(20-8-33)68-43-23-11-37(57)12-24-43/h3-32H,57H2,1-2H3,(H,58,61)(H,66,67). The first-order valence-corrected chi connectivity index (χ1v) is 25.0. The molecule has 0 radical (unpaired) electrons. The van der Waals surface area contributed by atoms with E-state index in [0.29, 0.717) is 45.6 Å². The number of imide groups is 2. The van der Waals surface area contributed by atoms with Crippen molar-refractivity contribution in [3.05, 3.63) is 215 Å². The van der Waals surface area contributed by atoms with Crippen molar-refractivity contribution in [3.63, 3.8) is 0 Å². The van der Waals surface area contributed by atoms with Gasteiger partial charge in [0, 0.05) is 16.9 Å². The van der Waals surface area contributed by atoms with Crippen LogP contribution in [0.5, 0.6) is 23.0 Å². The van der Waals surface area contributed by atoms with E-state index in [2.05, 4.69) is 5.32 Å². The third-order valence-electron chi connectivity index (χ3n) is 12.5. The molecule has 0 bridgehead atoms. The molecule has 13 nitrogen and oxygen atoms in total. The number of carboxylic acid groups (broad SMARTS) is 1. The van der Waals surface area contributed by atoms with Gasteiger partial charge in [-0.3, -0.25) is 24.0 Å². The van der Waals surface area contributed by atoms with E-state index < -0.39 is 37.7 Å². The van der Waals surface area contributed by atoms with Crippen LogP contribution in [0.3, 0.4) is 0 Å². The van der Waals surface area contributed by atoms with Crippen molar-refractivity contribution in [2.45, 2.75) is 13.1 Å². The van der Waals surface area contributed by atoms with Crippen LogP contribution in [-0.2, 0) is 0 Å². The number of nitrogen functional groups attached to an aromatic ring is 1. The smallest absolute Gasteiger partial charge is 0.335 e. The van der Waals surface area contributed by atoms with Crippen LogP contribution < -0.4 is 40.7 Å². The molecule has 0 fully saturated rings. The minimum Gasteiger partial charge on any atom is -0.478 e. The van der Waals surface area contributed by atoms with Crippen molar-refractivity contribution in [3.8, 4) is 34.1 Å². The number of benzene rings is 8. The Balaban J connectivity index is 0.759. The number of rotatable bonds is 12. The monoisotopic (exact) mass is 940 g/mol. The molecule has 0 saturated carbocycles. The van der Waals surface area contributed by atoms with Crippen molar-refractivity contribution in [1.29, 1.82) is 0 Å². The van der Waals surface area contributed by atoms with E-state index >= 15 is 0 Å². The minimum atomic E-state index is -2.65. The molecular weight excluding hydrogens is 901 g/mol. The van der Waals surface area contributed by atoms with Gasteiger partial charge in [0.1, 0.15) is 31.1 Å². The number of carbonyl (C=O) groups excluding carboxylic acids is 5. The molecule has 4 N–H and O–H groups in total. The van der Waals surface area contributed by atoms with Crippen LogP contribution in [0.2, 0.25) is 13.1 Å². The lowest BCUT2D eigenvalue weighted by molar-refractivity contribution is 0.0695. The van der Waals surface area contributed by atoms with E-state index in [1.165, 1.54) is 24.3 Å². The number of carbonyl (C=O) groups is 6. The molecule has 8 aromatic rings. The zero-order valence-corrected chi connectivity index (χ0v) is 38.5. The molecule has 0 unspecified atom stereocenters. The number of hydrogen-bond acceptors (Lipinski definition) is 9. The number of hydrogen-bond donors (Lipinski definition) is 3. The highest BCUT2D eigenvalue weighted by Crippen LogP contribution is 2.33. The van der Waals surface area contributed by atoms with E-state index in [-0.39, 0.29) is 39.4 Å². The summed E-state index contributed by atoms with van der Waals surface area (Å²) in [5.74, 6) is -0.918. The van der Waals surface area contributed by atoms with E-state index in [4.69, 9.17) is 15.2 Å². The first-order chi connectivity index (χ1) is 33.7. The first-order valence-electron chi connectivity index (χ1n) is 22.0. The van der Waals surface area contributed by atoms with Crippen molar-refractivity contribution >= 4 is 76.7 Å². The average molecular weight is 941 g/mol. The van der Waals surface area contributed by atoms with Gasteiger partial charge in [-0.2, -0.15) is 0 Å². The molecule has 2 aliphatic heterocycles. The van der Waals surface area contributed by atoms with E-state index in [0.717, 1.165) is 31.3 Å². The molecule has 8 aromatic carbocycles. The zero-order valence-electron chi connectivity index (χ0n) is 37.5. The van der Waals surface area contributed by atoms with Crippen molar-refractivity contribution in [2.75, 3.05) is 20.9 Å². The van der Waals surface area contributed by atoms with Crippen LogP contribution in [0.15, 0.2) is 182 Å². The lowest BCUT2D eigenvalue weighted by Crippen LogP contribution is -2.53. The molecule has 2 heterocycles. The highest BCUT2D eigenvalue weighted by atomic mass is 28.3. The Bertz CT molecular complexity index is 3430. The van der Waals surface area contributed by atoms with Gasteiger partial charge in [0.15, 0.2) is 0 Å². The Morgan fingerprint density at radius 1 is 0.471 bits per heavy atom. The predicted octanol–water partition coefficient (Wildman–Crippen LogP) is 9.89. The summed E-state index contributed by atoms with van der Waals surface area (Å²) in [6.45, 7) is 4.10. The molecule has 342 valence electrons. The van der Waals surface area contributed by atoms with Crippen LogP contribution in [0.25, 0.3) is 11.1 Å². The molecule has 0 spiro atoms. The highest BCUT2D eigenvalue weighted by molar-refractivity contribution is 7.00. The topological polar surface area (TPSA) is 186 Å². The number of fused-ring (bicyclic) bond motifs is 2. The van der Waals surface area contributed by atoms with E-state index in [1.54, 1.807) is 84.9 Å². The molecule has 2 aliphatic rings. The van der Waals surface area contributed by atoms with Crippen LogP contribution in [-0.4, -0.2) is 48.7 Å². The predicted molar refractivity (Wildman–Crippen MR) is 269 cm³/mol. The van der Waals surface area contributed by atoms with Gasteiger partial charge in [0.05, 0.1) is 39.2 Å². The number of ether oxygens (including phenoxy) is 2. The number of carboxylic acids is 1. The number of aromatic carboxylic acids is 1. The number of nitrogens with two attached hydrogens (primary N) is 1.